The van der Waals surface area contributed by atoms with Crippen LogP contribution in [-0.4, -0.2) is 12.0 Å². The molecule has 0 radical (unpaired) electrons. The molecule has 0 unspecified atom stereocenters. The molecule has 0 bridgehead atoms. The van der Waals surface area contributed by atoms with Gasteiger partial charge in [0.15, 0.2) is 0 Å². The quantitative estimate of drug-likeness (QED) is 0.843. The van der Waals surface area contributed by atoms with Crippen LogP contribution < -0.4 is 5.32 Å². The van der Waals surface area contributed by atoms with Crippen molar-refractivity contribution < 1.29 is 0 Å². The third-order valence-corrected chi connectivity index (χ3v) is 3.62. The molecule has 1 aromatic carbocycles. The monoisotopic (exact) mass is 264 g/mol. The lowest BCUT2D eigenvalue weighted by Gasteiger charge is -2.04. The summed E-state index contributed by atoms with van der Waals surface area (Å²) in [4.78, 5) is 5.39. The van der Waals surface area contributed by atoms with Gasteiger partial charge in [-0.3, -0.25) is 0 Å². The van der Waals surface area contributed by atoms with Gasteiger partial charge in [-0.15, -0.1) is 11.8 Å². The van der Waals surface area contributed by atoms with Crippen LogP contribution in [0.4, 0.5) is 5.82 Å². The summed E-state index contributed by atoms with van der Waals surface area (Å²) in [7, 11) is 1.87. The number of thioether (sulfide) groups is 1. The van der Waals surface area contributed by atoms with Crippen molar-refractivity contribution in [1.82, 2.24) is 4.98 Å². The van der Waals surface area contributed by atoms with Crippen molar-refractivity contribution in [3.05, 3.63) is 53.2 Å². The minimum atomic E-state index is 0.778. The Morgan fingerprint density at radius 1 is 1.24 bits per heavy atom. The van der Waals surface area contributed by atoms with Crippen LogP contribution in [0.2, 0.25) is 5.02 Å². The van der Waals surface area contributed by atoms with E-state index in [0.717, 1.165) is 16.6 Å². The molecule has 2 rings (SSSR count). The molecule has 17 heavy (non-hydrogen) atoms. The summed E-state index contributed by atoms with van der Waals surface area (Å²) >= 11 is 7.63. The van der Waals surface area contributed by atoms with Crippen molar-refractivity contribution in [1.29, 1.82) is 0 Å². The van der Waals surface area contributed by atoms with Crippen LogP contribution in [0.15, 0.2) is 47.5 Å². The number of rotatable bonds is 4. The maximum atomic E-state index is 5.85. The fourth-order valence-electron chi connectivity index (χ4n) is 1.38. The Kier molecular flexibility index (Phi) is 4.29. The van der Waals surface area contributed by atoms with Gasteiger partial charge >= 0.3 is 0 Å². The predicted molar refractivity (Wildman–Crippen MR) is 74.8 cm³/mol. The summed E-state index contributed by atoms with van der Waals surface area (Å²) in [6, 6.07) is 12.0. The van der Waals surface area contributed by atoms with Crippen molar-refractivity contribution >= 4 is 29.2 Å². The largest absolute Gasteiger partial charge is 0.373 e. The number of halogens is 1. The molecule has 0 atom stereocenters. The summed E-state index contributed by atoms with van der Waals surface area (Å²) in [5.74, 6) is 1.83. The fourth-order valence-corrected chi connectivity index (χ4v) is 2.39. The lowest BCUT2D eigenvalue weighted by molar-refractivity contribution is 1.23. The Labute approximate surface area is 110 Å². The molecule has 0 spiro atoms. The molecular formula is C13H13ClN2S. The Bertz CT molecular complexity index is 485. The zero-order chi connectivity index (χ0) is 12.1. The van der Waals surface area contributed by atoms with E-state index < -0.39 is 0 Å². The first kappa shape index (κ1) is 12.3. The van der Waals surface area contributed by atoms with Gasteiger partial charge in [0.2, 0.25) is 0 Å². The number of nitrogens with one attached hydrogen (secondary N) is 1. The van der Waals surface area contributed by atoms with Gasteiger partial charge in [0.25, 0.3) is 0 Å². The van der Waals surface area contributed by atoms with Crippen LogP contribution in [0.25, 0.3) is 0 Å². The molecule has 4 heteroatoms. The second-order valence-corrected chi connectivity index (χ2v) is 5.03. The highest BCUT2D eigenvalue weighted by atomic mass is 35.5. The number of benzene rings is 1. The molecule has 2 nitrogen and oxygen atoms in total. The number of aromatic nitrogens is 1. The van der Waals surface area contributed by atoms with Crippen molar-refractivity contribution in [2.24, 2.45) is 0 Å². The van der Waals surface area contributed by atoms with Crippen LogP contribution >= 0.6 is 23.4 Å². The number of anilines is 1. The van der Waals surface area contributed by atoms with Gasteiger partial charge in [-0.25, -0.2) is 4.98 Å². The van der Waals surface area contributed by atoms with Gasteiger partial charge in [0.1, 0.15) is 5.82 Å². The Hall–Kier alpha value is -1.19. The van der Waals surface area contributed by atoms with E-state index >= 15 is 0 Å². The summed E-state index contributed by atoms with van der Waals surface area (Å²) < 4.78 is 0. The summed E-state index contributed by atoms with van der Waals surface area (Å²) in [6.07, 6.45) is 1.82. The summed E-state index contributed by atoms with van der Waals surface area (Å²) in [6.45, 7) is 0. The van der Waals surface area contributed by atoms with E-state index in [2.05, 4.69) is 22.4 Å². The zero-order valence-corrected chi connectivity index (χ0v) is 11.1. The van der Waals surface area contributed by atoms with Crippen molar-refractivity contribution in [2.45, 2.75) is 10.6 Å². The highest BCUT2D eigenvalue weighted by Crippen LogP contribution is 2.24. The molecule has 0 aliphatic heterocycles. The van der Waals surface area contributed by atoms with Gasteiger partial charge in [-0.2, -0.15) is 0 Å². The molecule has 0 aliphatic carbocycles. The predicted octanol–water partition coefficient (Wildman–Crippen LogP) is 4.07. The highest BCUT2D eigenvalue weighted by molar-refractivity contribution is 7.98. The average molecular weight is 265 g/mol. The normalized spacial score (nSPS) is 10.2. The molecule has 0 amide bonds. The van der Waals surface area contributed by atoms with E-state index in [0.29, 0.717) is 0 Å². The van der Waals surface area contributed by atoms with Gasteiger partial charge in [0.05, 0.1) is 0 Å². The van der Waals surface area contributed by atoms with Gasteiger partial charge in [-0.05, 0) is 29.8 Å². The Balaban J connectivity index is 1.99. The maximum Gasteiger partial charge on any atom is 0.126 e. The molecule has 0 saturated heterocycles. The topological polar surface area (TPSA) is 24.9 Å². The van der Waals surface area contributed by atoms with E-state index in [1.54, 1.807) is 11.8 Å². The molecule has 1 aromatic heterocycles. The molecular weight excluding hydrogens is 252 g/mol. The van der Waals surface area contributed by atoms with Crippen LogP contribution in [0.5, 0.6) is 0 Å². The number of hydrogen-bond donors (Lipinski definition) is 1. The fraction of sp³-hybridized carbons (Fsp3) is 0.154. The maximum absolute atomic E-state index is 5.85. The minimum Gasteiger partial charge on any atom is -0.373 e. The van der Waals surface area contributed by atoms with Crippen LogP contribution in [0.1, 0.15) is 5.56 Å². The van der Waals surface area contributed by atoms with Crippen molar-refractivity contribution in [2.75, 3.05) is 12.4 Å². The molecule has 0 saturated carbocycles. The number of hydrogen-bond acceptors (Lipinski definition) is 3. The standard InChI is InChI=1S/C13H13ClN2S/c1-15-13-8-12(6-7-16-13)17-9-10-2-4-11(14)5-3-10/h2-8H,9H2,1H3,(H,15,16). The highest BCUT2D eigenvalue weighted by Gasteiger charge is 1.98. The molecule has 88 valence electrons. The second kappa shape index (κ2) is 5.94. The van der Waals surface area contributed by atoms with E-state index in [9.17, 15) is 0 Å². The first-order valence-corrected chi connectivity index (χ1v) is 6.65. The first-order chi connectivity index (χ1) is 8.28. The molecule has 0 aliphatic rings. The smallest absolute Gasteiger partial charge is 0.126 e. The Morgan fingerprint density at radius 2 is 2.00 bits per heavy atom. The third kappa shape index (κ3) is 3.65. The summed E-state index contributed by atoms with van der Waals surface area (Å²) in [5, 5.41) is 3.81. The Morgan fingerprint density at radius 3 is 2.71 bits per heavy atom. The number of pyridine rings is 1. The minimum absolute atomic E-state index is 0.778. The third-order valence-electron chi connectivity index (χ3n) is 2.31. The zero-order valence-electron chi connectivity index (χ0n) is 9.48. The van der Waals surface area contributed by atoms with Gasteiger partial charge in [0, 0.05) is 28.9 Å². The molecule has 0 fully saturated rings. The van der Waals surface area contributed by atoms with E-state index in [-0.39, 0.29) is 0 Å². The second-order valence-electron chi connectivity index (χ2n) is 3.54. The lowest BCUT2D eigenvalue weighted by Crippen LogP contribution is -1.91. The number of nitrogens with zero attached hydrogens (tertiary/aromatic N) is 1. The van der Waals surface area contributed by atoms with Crippen LogP contribution in [-0.2, 0) is 5.75 Å². The SMILES string of the molecule is CNc1cc(SCc2ccc(Cl)cc2)ccn1. The van der Waals surface area contributed by atoms with E-state index in [1.165, 1.54) is 10.5 Å². The lowest BCUT2D eigenvalue weighted by atomic mass is 10.2. The van der Waals surface area contributed by atoms with Crippen LogP contribution in [0.3, 0.4) is 0 Å². The van der Waals surface area contributed by atoms with Crippen molar-refractivity contribution in [3.8, 4) is 0 Å². The first-order valence-electron chi connectivity index (χ1n) is 5.29. The molecule has 1 heterocycles. The van der Waals surface area contributed by atoms with Crippen LogP contribution in [0, 0.1) is 0 Å². The van der Waals surface area contributed by atoms with Gasteiger partial charge in [-0.1, -0.05) is 23.7 Å². The molecule has 2 aromatic rings. The average Bonchev–Trinajstić information content (AvgIpc) is 2.38. The molecule has 1 N–H and O–H groups in total. The summed E-state index contributed by atoms with van der Waals surface area (Å²) in [5.41, 5.74) is 1.27. The van der Waals surface area contributed by atoms with E-state index in [4.69, 9.17) is 11.6 Å². The van der Waals surface area contributed by atoms with E-state index in [1.807, 2.05) is 37.5 Å². The van der Waals surface area contributed by atoms with Crippen molar-refractivity contribution in [3.63, 3.8) is 0 Å². The van der Waals surface area contributed by atoms with Gasteiger partial charge < -0.3 is 5.32 Å².